The van der Waals surface area contributed by atoms with Gasteiger partial charge in [0.05, 0.1) is 20.8 Å². The molecule has 2 aromatic carbocycles. The first-order chi connectivity index (χ1) is 14.5. The number of rotatable bonds is 3. The van der Waals surface area contributed by atoms with Crippen molar-refractivity contribution < 1.29 is 22.8 Å². The summed E-state index contributed by atoms with van der Waals surface area (Å²) in [5, 5.41) is 3.52. The molecule has 2 aliphatic rings. The quantitative estimate of drug-likeness (QED) is 0.482. The van der Waals surface area contributed by atoms with Crippen LogP contribution in [0.1, 0.15) is 36.0 Å². The molecule has 1 fully saturated rings. The summed E-state index contributed by atoms with van der Waals surface area (Å²) < 4.78 is 42.4. The highest BCUT2D eigenvalue weighted by molar-refractivity contribution is 6.48. The van der Waals surface area contributed by atoms with E-state index in [0.717, 1.165) is 17.7 Å². The highest BCUT2D eigenvalue weighted by Crippen LogP contribution is 2.50. The molecular weight excluding hydrogens is 476 g/mol. The van der Waals surface area contributed by atoms with Crippen LogP contribution >= 0.6 is 34.8 Å². The van der Waals surface area contributed by atoms with Crippen LogP contribution in [0.3, 0.4) is 0 Å². The minimum Gasteiger partial charge on any atom is -0.374 e. The van der Waals surface area contributed by atoms with E-state index < -0.39 is 18.2 Å². The number of carbonyl (C=O) groups excluding carboxylic acids is 1. The van der Waals surface area contributed by atoms with E-state index in [1.54, 1.807) is 17.0 Å². The number of oxime groups is 1. The lowest BCUT2D eigenvalue weighted by Gasteiger charge is -2.39. The Morgan fingerprint density at radius 3 is 2.23 bits per heavy atom. The number of carbonyl (C=O) groups is 1. The summed E-state index contributed by atoms with van der Waals surface area (Å²) in [6.07, 6.45) is -5.31. The molecule has 4 rings (SSSR count). The van der Waals surface area contributed by atoms with Gasteiger partial charge in [-0.2, -0.15) is 13.2 Å². The van der Waals surface area contributed by atoms with Crippen molar-refractivity contribution in [2.24, 2.45) is 5.16 Å². The van der Waals surface area contributed by atoms with Gasteiger partial charge in [-0.15, -0.1) is 0 Å². The van der Waals surface area contributed by atoms with Crippen molar-refractivity contribution in [3.8, 4) is 0 Å². The van der Waals surface area contributed by atoms with Crippen LogP contribution in [-0.2, 0) is 15.2 Å². The molecule has 2 aliphatic heterocycles. The maximum absolute atomic E-state index is 14.1. The van der Waals surface area contributed by atoms with Crippen LogP contribution in [0.5, 0.6) is 0 Å². The van der Waals surface area contributed by atoms with Crippen molar-refractivity contribution in [3.63, 3.8) is 0 Å². The van der Waals surface area contributed by atoms with Crippen molar-refractivity contribution in [3.05, 3.63) is 68.2 Å². The van der Waals surface area contributed by atoms with E-state index in [2.05, 4.69) is 5.16 Å². The van der Waals surface area contributed by atoms with Gasteiger partial charge in [0.15, 0.2) is 0 Å². The van der Waals surface area contributed by atoms with E-state index in [-0.39, 0.29) is 38.2 Å². The summed E-state index contributed by atoms with van der Waals surface area (Å²) in [7, 11) is 0. The molecule has 1 saturated heterocycles. The van der Waals surface area contributed by atoms with Crippen LogP contribution < -0.4 is 0 Å². The Morgan fingerprint density at radius 2 is 1.71 bits per heavy atom. The molecule has 1 atom stereocenters. The van der Waals surface area contributed by atoms with Crippen LogP contribution in [0.25, 0.3) is 0 Å². The number of halogens is 6. The second-order valence-corrected chi connectivity index (χ2v) is 8.82. The first-order valence-electron chi connectivity index (χ1n) is 9.34. The Hall–Kier alpha value is -1.96. The van der Waals surface area contributed by atoms with Gasteiger partial charge in [0.1, 0.15) is 0 Å². The Bertz CT molecular complexity index is 1040. The van der Waals surface area contributed by atoms with E-state index in [1.165, 1.54) is 6.92 Å². The van der Waals surface area contributed by atoms with Gasteiger partial charge in [0.2, 0.25) is 5.91 Å². The summed E-state index contributed by atoms with van der Waals surface area (Å²) in [5.41, 5.74) is -1.30. The molecule has 0 aliphatic carbocycles. The molecule has 4 nitrogen and oxygen atoms in total. The second kappa shape index (κ2) is 7.87. The van der Waals surface area contributed by atoms with Gasteiger partial charge in [-0.05, 0) is 23.3 Å². The molecular formula is C21H16Cl3F3N2O2. The average Bonchev–Trinajstić information content (AvgIpc) is 3.11. The Labute approximate surface area is 191 Å². The van der Waals surface area contributed by atoms with Gasteiger partial charge in [-0.1, -0.05) is 64.2 Å². The summed E-state index contributed by atoms with van der Waals surface area (Å²) in [5.74, 6) is 0.239. The smallest absolute Gasteiger partial charge is 0.374 e. The molecule has 2 aromatic rings. The maximum atomic E-state index is 14.1. The third kappa shape index (κ3) is 3.88. The Balaban J connectivity index is 1.58. The number of likely N-dealkylation sites (tertiary alicyclic amines) is 1. The molecule has 2 heterocycles. The first kappa shape index (κ1) is 22.2. The number of amides is 1. The number of hydrogen-bond donors (Lipinski definition) is 0. The van der Waals surface area contributed by atoms with Crippen molar-refractivity contribution in [2.45, 2.75) is 31.0 Å². The van der Waals surface area contributed by atoms with Crippen LogP contribution in [0.2, 0.25) is 15.1 Å². The monoisotopic (exact) mass is 490 g/mol. The van der Waals surface area contributed by atoms with Crippen molar-refractivity contribution >= 4 is 46.4 Å². The van der Waals surface area contributed by atoms with Crippen molar-refractivity contribution in [1.82, 2.24) is 4.90 Å². The topological polar surface area (TPSA) is 41.9 Å². The van der Waals surface area contributed by atoms with Crippen LogP contribution in [0, 0.1) is 0 Å². The van der Waals surface area contributed by atoms with E-state index in [0.29, 0.717) is 18.7 Å². The molecule has 1 unspecified atom stereocenters. The van der Waals surface area contributed by atoms with E-state index in [1.807, 2.05) is 12.1 Å². The Kier molecular flexibility index (Phi) is 5.65. The molecule has 1 amide bonds. The molecule has 0 N–H and O–H groups in total. The number of benzene rings is 2. The zero-order valence-corrected chi connectivity index (χ0v) is 18.4. The van der Waals surface area contributed by atoms with E-state index in [9.17, 15) is 18.0 Å². The molecule has 31 heavy (non-hydrogen) atoms. The van der Waals surface area contributed by atoms with Gasteiger partial charge in [-0.25, -0.2) is 0 Å². The lowest BCUT2D eigenvalue weighted by atomic mass is 9.85. The fourth-order valence-electron chi connectivity index (χ4n) is 3.74. The van der Waals surface area contributed by atoms with Crippen LogP contribution in [0.4, 0.5) is 13.2 Å². The third-order valence-corrected chi connectivity index (χ3v) is 6.88. The predicted octanol–water partition coefficient (Wildman–Crippen LogP) is 6.17. The minimum absolute atomic E-state index is 0.0243. The van der Waals surface area contributed by atoms with Gasteiger partial charge >= 0.3 is 6.18 Å². The highest BCUT2D eigenvalue weighted by Gasteiger charge is 2.62. The lowest BCUT2D eigenvalue weighted by molar-refractivity contribution is -0.275. The molecule has 0 saturated carbocycles. The Morgan fingerprint density at radius 1 is 1.13 bits per heavy atom. The van der Waals surface area contributed by atoms with E-state index in [4.69, 9.17) is 39.6 Å². The van der Waals surface area contributed by atoms with Crippen LogP contribution in [0.15, 0.2) is 41.6 Å². The highest BCUT2D eigenvalue weighted by atomic mass is 35.5. The molecule has 0 radical (unpaired) electrons. The van der Waals surface area contributed by atoms with Crippen molar-refractivity contribution in [2.75, 3.05) is 13.1 Å². The standard InChI is InChI=1S/C21H16Cl3F3N2O2/c1-11(30)29-9-14(10-29)12-2-4-13(5-3-12)18-8-20(31-28-18,21(25,26)27)15-6-16(22)19(24)17(23)7-15/h2-7,14H,8-10H2,1H3. The first-order valence-corrected chi connectivity index (χ1v) is 10.5. The number of alkyl halides is 3. The molecule has 0 aromatic heterocycles. The number of hydrogen-bond acceptors (Lipinski definition) is 3. The van der Waals surface area contributed by atoms with Gasteiger partial charge < -0.3 is 9.74 Å². The zero-order chi connectivity index (χ0) is 22.6. The van der Waals surface area contributed by atoms with Gasteiger partial charge in [0.25, 0.3) is 5.60 Å². The minimum atomic E-state index is -4.78. The van der Waals surface area contributed by atoms with Crippen LogP contribution in [-0.4, -0.2) is 35.8 Å². The normalized spacial score (nSPS) is 21.5. The number of nitrogens with zero attached hydrogens (tertiary/aromatic N) is 2. The fourth-order valence-corrected chi connectivity index (χ4v) is 4.34. The van der Waals surface area contributed by atoms with Gasteiger partial charge in [0, 0.05) is 37.9 Å². The summed E-state index contributed by atoms with van der Waals surface area (Å²) >= 11 is 17.8. The second-order valence-electron chi connectivity index (χ2n) is 7.63. The van der Waals surface area contributed by atoms with Gasteiger partial charge in [-0.3, -0.25) is 4.79 Å². The molecule has 10 heteroatoms. The summed E-state index contributed by atoms with van der Waals surface area (Å²) in [4.78, 5) is 18.1. The summed E-state index contributed by atoms with van der Waals surface area (Å²) in [6.45, 7) is 2.79. The predicted molar refractivity (Wildman–Crippen MR) is 113 cm³/mol. The van der Waals surface area contributed by atoms with Crippen molar-refractivity contribution in [1.29, 1.82) is 0 Å². The third-order valence-electron chi connectivity index (χ3n) is 5.68. The summed E-state index contributed by atoms with van der Waals surface area (Å²) in [6, 6.07) is 9.29. The van der Waals surface area contributed by atoms with E-state index >= 15 is 0 Å². The molecule has 164 valence electrons. The molecule has 0 bridgehead atoms. The fraction of sp³-hybridized carbons (Fsp3) is 0.333. The average molecular weight is 492 g/mol. The largest absolute Gasteiger partial charge is 0.435 e. The zero-order valence-electron chi connectivity index (χ0n) is 16.1. The lowest BCUT2D eigenvalue weighted by Crippen LogP contribution is -2.47. The maximum Gasteiger partial charge on any atom is 0.435 e. The molecule has 0 spiro atoms. The SMILES string of the molecule is CC(=O)N1CC(c2ccc(C3=NOC(c4cc(Cl)c(Cl)c(Cl)c4)(C(F)(F)F)C3)cc2)C1.